The van der Waals surface area contributed by atoms with Crippen molar-refractivity contribution in [3.05, 3.63) is 18.1 Å². The van der Waals surface area contributed by atoms with Gasteiger partial charge in [0.05, 0.1) is 29.0 Å². The summed E-state index contributed by atoms with van der Waals surface area (Å²) in [5.41, 5.74) is 0.391. The van der Waals surface area contributed by atoms with Crippen LogP contribution in [-0.4, -0.2) is 28.4 Å². The maximum absolute atomic E-state index is 9.65. The summed E-state index contributed by atoms with van der Waals surface area (Å²) >= 11 is 1.58. The van der Waals surface area contributed by atoms with E-state index >= 15 is 0 Å². The van der Waals surface area contributed by atoms with Gasteiger partial charge in [0.1, 0.15) is 11.7 Å². The zero-order valence-corrected chi connectivity index (χ0v) is 11.1. The van der Waals surface area contributed by atoms with Gasteiger partial charge >= 0.3 is 0 Å². The number of nitrogens with zero attached hydrogens (tertiary/aromatic N) is 3. The summed E-state index contributed by atoms with van der Waals surface area (Å²) in [4.78, 5) is 8.53. The Morgan fingerprint density at radius 3 is 2.72 bits per heavy atom. The van der Waals surface area contributed by atoms with Gasteiger partial charge in [0.2, 0.25) is 0 Å². The summed E-state index contributed by atoms with van der Waals surface area (Å²) in [6, 6.07) is 4.46. The van der Waals surface area contributed by atoms with Gasteiger partial charge < -0.3 is 4.74 Å². The van der Waals surface area contributed by atoms with Crippen LogP contribution in [0, 0.1) is 11.3 Å². The topological polar surface area (TPSA) is 58.8 Å². The first-order valence-electron chi connectivity index (χ1n) is 6.19. The second-order valence-corrected chi connectivity index (χ2v) is 5.83. The molecule has 2 saturated heterocycles. The van der Waals surface area contributed by atoms with Crippen LogP contribution in [0.4, 0.5) is 0 Å². The smallest absolute Gasteiger partial charge is 0.117 e. The Hall–Kier alpha value is -1.12. The van der Waals surface area contributed by atoms with E-state index in [0.29, 0.717) is 0 Å². The molecule has 1 aromatic rings. The summed E-state index contributed by atoms with van der Waals surface area (Å²) in [7, 11) is 0. The van der Waals surface area contributed by atoms with Crippen molar-refractivity contribution in [1.82, 2.24) is 9.97 Å². The molecule has 4 nitrogen and oxygen atoms in total. The molecule has 2 atom stereocenters. The van der Waals surface area contributed by atoms with Gasteiger partial charge in [-0.05, 0) is 38.0 Å². The van der Waals surface area contributed by atoms with Crippen molar-refractivity contribution in [2.24, 2.45) is 0 Å². The number of thioether (sulfide) groups is 1. The van der Waals surface area contributed by atoms with Gasteiger partial charge in [0.15, 0.2) is 0 Å². The van der Waals surface area contributed by atoms with Crippen LogP contribution in [0.2, 0.25) is 0 Å². The van der Waals surface area contributed by atoms with E-state index in [4.69, 9.17) is 4.74 Å². The summed E-state index contributed by atoms with van der Waals surface area (Å²) in [6.45, 7) is 0. The molecule has 2 fully saturated rings. The molecule has 18 heavy (non-hydrogen) atoms. The van der Waals surface area contributed by atoms with Crippen LogP contribution in [0.25, 0.3) is 0 Å². The van der Waals surface area contributed by atoms with Crippen molar-refractivity contribution in [3.8, 4) is 6.07 Å². The number of nitriles is 1. The second kappa shape index (κ2) is 4.52. The standard InChI is InChI=1S/C13H15N3OS/c1-18-12-4-11(15-8-16-12)13(7-14)5-9-2-3-10(6-13)17-9/h4,8-10H,2-3,5-6H2,1H3. The molecule has 94 valence electrons. The highest BCUT2D eigenvalue weighted by atomic mass is 32.2. The fraction of sp³-hybridized carbons (Fsp3) is 0.615. The molecule has 0 spiro atoms. The zero-order chi connectivity index (χ0) is 12.6. The average molecular weight is 261 g/mol. The molecule has 0 aromatic carbocycles. The molecule has 2 aliphatic rings. The molecule has 0 N–H and O–H groups in total. The third-order valence-electron chi connectivity index (χ3n) is 3.90. The molecule has 5 heteroatoms. The summed E-state index contributed by atoms with van der Waals surface area (Å²) in [6.07, 6.45) is 7.71. The van der Waals surface area contributed by atoms with E-state index in [1.165, 1.54) is 0 Å². The van der Waals surface area contributed by atoms with Crippen molar-refractivity contribution in [1.29, 1.82) is 5.26 Å². The molecule has 3 rings (SSSR count). The van der Waals surface area contributed by atoms with Gasteiger partial charge in [-0.3, -0.25) is 0 Å². The molecule has 2 aliphatic heterocycles. The van der Waals surface area contributed by atoms with Gasteiger partial charge in [-0.25, -0.2) is 9.97 Å². The largest absolute Gasteiger partial charge is 0.375 e. The molecule has 0 aliphatic carbocycles. The number of hydrogen-bond acceptors (Lipinski definition) is 5. The molecular weight excluding hydrogens is 246 g/mol. The predicted molar refractivity (Wildman–Crippen MR) is 68.2 cm³/mol. The summed E-state index contributed by atoms with van der Waals surface area (Å²) < 4.78 is 5.83. The number of ether oxygens (including phenoxy) is 1. The van der Waals surface area contributed by atoms with Crippen molar-refractivity contribution in [3.63, 3.8) is 0 Å². The molecule has 1 aromatic heterocycles. The first-order chi connectivity index (χ1) is 8.75. The number of rotatable bonds is 2. The van der Waals surface area contributed by atoms with Crippen molar-refractivity contribution < 1.29 is 4.74 Å². The van der Waals surface area contributed by atoms with E-state index in [1.807, 2.05) is 12.3 Å². The first kappa shape index (κ1) is 11.9. The van der Waals surface area contributed by atoms with Gasteiger partial charge in [-0.2, -0.15) is 5.26 Å². The highest BCUT2D eigenvalue weighted by Gasteiger charge is 2.47. The minimum atomic E-state index is -0.475. The van der Waals surface area contributed by atoms with E-state index in [-0.39, 0.29) is 12.2 Å². The predicted octanol–water partition coefficient (Wildman–Crippen LogP) is 2.30. The number of hydrogen-bond donors (Lipinski definition) is 0. The van der Waals surface area contributed by atoms with Crippen LogP contribution in [0.15, 0.2) is 17.4 Å². The van der Waals surface area contributed by atoms with Crippen LogP contribution in [-0.2, 0) is 10.2 Å². The molecule has 2 bridgehead atoms. The van der Waals surface area contributed by atoms with E-state index < -0.39 is 5.41 Å². The maximum Gasteiger partial charge on any atom is 0.117 e. The minimum absolute atomic E-state index is 0.232. The van der Waals surface area contributed by atoms with E-state index in [2.05, 4.69) is 16.0 Å². The summed E-state index contributed by atoms with van der Waals surface area (Å²) in [5, 5.41) is 10.6. The van der Waals surface area contributed by atoms with Crippen LogP contribution in [0.1, 0.15) is 31.4 Å². The molecule has 3 heterocycles. The van der Waals surface area contributed by atoms with Crippen LogP contribution >= 0.6 is 11.8 Å². The van der Waals surface area contributed by atoms with Crippen molar-refractivity contribution in [2.75, 3.05) is 6.26 Å². The maximum atomic E-state index is 9.65. The lowest BCUT2D eigenvalue weighted by Gasteiger charge is -2.34. The molecule has 0 amide bonds. The molecule has 2 unspecified atom stereocenters. The van der Waals surface area contributed by atoms with Crippen molar-refractivity contribution in [2.45, 2.75) is 48.3 Å². The van der Waals surface area contributed by atoms with Crippen molar-refractivity contribution >= 4 is 11.8 Å². The highest BCUT2D eigenvalue weighted by Crippen LogP contribution is 2.44. The molecule has 0 saturated carbocycles. The third kappa shape index (κ3) is 1.90. The van der Waals surface area contributed by atoms with Gasteiger partial charge in [0, 0.05) is 0 Å². The van der Waals surface area contributed by atoms with Gasteiger partial charge in [-0.15, -0.1) is 11.8 Å². The Balaban J connectivity index is 1.98. The van der Waals surface area contributed by atoms with E-state index in [1.54, 1.807) is 18.1 Å². The van der Waals surface area contributed by atoms with E-state index in [9.17, 15) is 5.26 Å². The fourth-order valence-corrected chi connectivity index (χ4v) is 3.39. The second-order valence-electron chi connectivity index (χ2n) is 5.01. The Bertz CT molecular complexity index is 487. The van der Waals surface area contributed by atoms with Gasteiger partial charge in [-0.1, -0.05) is 0 Å². The van der Waals surface area contributed by atoms with Gasteiger partial charge in [0.25, 0.3) is 0 Å². The Kier molecular flexibility index (Phi) is 3.00. The molecular formula is C13H15N3OS. The first-order valence-corrected chi connectivity index (χ1v) is 7.41. The van der Waals surface area contributed by atoms with Crippen LogP contribution < -0.4 is 0 Å². The summed E-state index contributed by atoms with van der Waals surface area (Å²) in [5.74, 6) is 0. The zero-order valence-electron chi connectivity index (χ0n) is 10.3. The Labute approximate surface area is 111 Å². The average Bonchev–Trinajstić information content (AvgIpc) is 2.78. The lowest BCUT2D eigenvalue weighted by molar-refractivity contribution is -0.0193. The molecule has 0 radical (unpaired) electrons. The highest BCUT2D eigenvalue weighted by molar-refractivity contribution is 7.98. The minimum Gasteiger partial charge on any atom is -0.375 e. The fourth-order valence-electron chi connectivity index (χ4n) is 3.01. The van der Waals surface area contributed by atoms with Crippen LogP contribution in [0.3, 0.4) is 0 Å². The Morgan fingerprint density at radius 2 is 2.11 bits per heavy atom. The van der Waals surface area contributed by atoms with Crippen LogP contribution in [0.5, 0.6) is 0 Å². The quantitative estimate of drug-likeness (QED) is 0.604. The number of aromatic nitrogens is 2. The lowest BCUT2D eigenvalue weighted by Crippen LogP contribution is -2.38. The third-order valence-corrected chi connectivity index (χ3v) is 4.54. The lowest BCUT2D eigenvalue weighted by atomic mass is 9.76. The van der Waals surface area contributed by atoms with E-state index in [0.717, 1.165) is 36.4 Å². The SMILES string of the molecule is CSc1cc(C2(C#N)CC3CCC(C2)O3)ncn1. The monoisotopic (exact) mass is 261 g/mol. The Morgan fingerprint density at radius 1 is 1.39 bits per heavy atom. The normalized spacial score (nSPS) is 34.2. The number of fused-ring (bicyclic) bond motifs is 2.